The third kappa shape index (κ3) is 5.09. The van der Waals surface area contributed by atoms with Crippen molar-refractivity contribution >= 4 is 64.2 Å². The molecule has 3 heterocycles. The Labute approximate surface area is 327 Å². The first kappa shape index (κ1) is 22.9. The molecule has 0 saturated carbocycles. The van der Waals surface area contributed by atoms with Crippen LogP contribution in [0.3, 0.4) is 0 Å². The van der Waals surface area contributed by atoms with Gasteiger partial charge in [0, 0.05) is 53.0 Å². The molecule has 8 aromatic carbocycles. The molecule has 252 valence electrons. The monoisotopic (exact) mass is 716 g/mol. The number of benzene rings is 8. The third-order valence-corrected chi connectivity index (χ3v) is 10.8. The van der Waals surface area contributed by atoms with Crippen LogP contribution in [0.2, 0.25) is 0 Å². The van der Waals surface area contributed by atoms with Crippen LogP contribution in [0, 0.1) is 0 Å². The number of rotatable bonds is 5. The van der Waals surface area contributed by atoms with Gasteiger partial charge in [0.2, 0.25) is 0 Å². The lowest BCUT2D eigenvalue weighted by Gasteiger charge is -2.10. The number of hydrogen-bond donors (Lipinski definition) is 0. The van der Waals surface area contributed by atoms with Crippen LogP contribution in [0.25, 0.3) is 109 Å². The molecule has 0 aliphatic heterocycles. The fourth-order valence-electron chi connectivity index (χ4n) is 7.03. The summed E-state index contributed by atoms with van der Waals surface area (Å²) in [7, 11) is 0. The topological polar surface area (TPSA) is 51.8 Å². The molecule has 4 nitrogen and oxygen atoms in total. The molecule has 0 aliphatic carbocycles. The van der Waals surface area contributed by atoms with Crippen molar-refractivity contribution in [2.45, 2.75) is 0 Å². The SMILES string of the molecule is [2H]c1c(-c2nc(-c3ccc(-c4ccccc4)cc3)nc(-c3ccc4c(c3)sc3cccc(-c5ccccc5)c34)n2)c([2H])c2c(oc3c4c([2H])c([2H])c([2H])c([2H])c4c([2H])c([2H])c32)c1[2H]. The normalized spacial score (nSPS) is 14.0. The van der Waals surface area contributed by atoms with E-state index in [2.05, 4.69) is 36.4 Å². The smallest absolute Gasteiger partial charge is 0.164 e. The van der Waals surface area contributed by atoms with Crippen LogP contribution in [-0.4, -0.2) is 15.0 Å². The first-order chi connectivity index (χ1) is 30.5. The van der Waals surface area contributed by atoms with Gasteiger partial charge in [0.15, 0.2) is 17.5 Å². The fraction of sp³-hybridized carbons (Fsp3) is 0. The van der Waals surface area contributed by atoms with Gasteiger partial charge in [0.25, 0.3) is 0 Å². The Morgan fingerprint density at radius 3 is 1.96 bits per heavy atom. The summed E-state index contributed by atoms with van der Waals surface area (Å²) in [5.74, 6) is 0.463. The highest BCUT2D eigenvalue weighted by molar-refractivity contribution is 7.26. The Kier molecular flexibility index (Phi) is 5.22. The van der Waals surface area contributed by atoms with Crippen LogP contribution in [0.15, 0.2) is 180 Å². The van der Waals surface area contributed by atoms with Crippen LogP contribution >= 0.6 is 11.3 Å². The van der Waals surface area contributed by atoms with Gasteiger partial charge >= 0.3 is 0 Å². The molecule has 0 radical (unpaired) electrons. The molecule has 0 unspecified atom stereocenters. The number of hydrogen-bond acceptors (Lipinski definition) is 5. The third-order valence-electron chi connectivity index (χ3n) is 9.64. The minimum Gasteiger partial charge on any atom is -0.455 e. The first-order valence-corrected chi connectivity index (χ1v) is 18.1. The second kappa shape index (κ2) is 12.3. The minimum absolute atomic E-state index is 0.0644. The summed E-state index contributed by atoms with van der Waals surface area (Å²) in [5, 5.41) is 1.71. The van der Waals surface area contributed by atoms with Gasteiger partial charge in [-0.2, -0.15) is 0 Å². The number of aromatic nitrogens is 3. The van der Waals surface area contributed by atoms with E-state index in [0.29, 0.717) is 11.1 Å². The molecule has 0 amide bonds. The van der Waals surface area contributed by atoms with Crippen molar-refractivity contribution < 1.29 is 16.8 Å². The molecule has 0 atom stereocenters. The summed E-state index contributed by atoms with van der Waals surface area (Å²) < 4.78 is 88.1. The summed E-state index contributed by atoms with van der Waals surface area (Å²) in [4.78, 5) is 14.7. The summed E-state index contributed by atoms with van der Waals surface area (Å²) >= 11 is 1.65. The number of thiophene rings is 1. The molecule has 0 spiro atoms. The van der Waals surface area contributed by atoms with E-state index in [1.807, 2.05) is 84.9 Å². The maximum Gasteiger partial charge on any atom is 0.164 e. The van der Waals surface area contributed by atoms with E-state index >= 15 is 0 Å². The second-order valence-corrected chi connectivity index (χ2v) is 14.0. The van der Waals surface area contributed by atoms with Gasteiger partial charge in [-0.3, -0.25) is 0 Å². The van der Waals surface area contributed by atoms with Crippen molar-refractivity contribution in [1.29, 1.82) is 0 Å². The Hall–Kier alpha value is -6.95. The van der Waals surface area contributed by atoms with Crippen LogP contribution in [0.1, 0.15) is 12.3 Å². The Morgan fingerprint density at radius 2 is 1.15 bits per heavy atom. The number of furan rings is 1. The lowest BCUT2D eigenvalue weighted by molar-refractivity contribution is 0.672. The number of nitrogens with zero attached hydrogens (tertiary/aromatic N) is 3. The van der Waals surface area contributed by atoms with Crippen molar-refractivity contribution in [3.05, 3.63) is 176 Å². The second-order valence-electron chi connectivity index (χ2n) is 12.9. The minimum atomic E-state index is -0.562. The van der Waals surface area contributed by atoms with Crippen LogP contribution < -0.4 is 0 Å². The van der Waals surface area contributed by atoms with Gasteiger partial charge in [-0.05, 0) is 63.9 Å². The molecule has 11 rings (SSSR count). The highest BCUT2D eigenvalue weighted by atomic mass is 32.1. The van der Waals surface area contributed by atoms with E-state index in [9.17, 15) is 4.11 Å². The van der Waals surface area contributed by atoms with Crippen LogP contribution in [0.4, 0.5) is 0 Å². The maximum atomic E-state index is 9.64. The lowest BCUT2D eigenvalue weighted by atomic mass is 9.99. The van der Waals surface area contributed by atoms with E-state index in [4.69, 9.17) is 27.6 Å². The van der Waals surface area contributed by atoms with Gasteiger partial charge < -0.3 is 4.42 Å². The molecule has 0 N–H and O–H groups in total. The molecule has 11 aromatic rings. The predicted octanol–water partition coefficient (Wildman–Crippen LogP) is 13.6. The highest BCUT2D eigenvalue weighted by Crippen LogP contribution is 2.42. The first-order valence-electron chi connectivity index (χ1n) is 21.8. The summed E-state index contributed by atoms with van der Waals surface area (Å²) in [6, 6.07) is 36.0. The Bertz CT molecular complexity index is 3730. The number of fused-ring (bicyclic) bond motifs is 8. The summed E-state index contributed by atoms with van der Waals surface area (Å²) in [5.41, 5.74) is 5.02. The van der Waals surface area contributed by atoms with E-state index in [1.54, 1.807) is 11.3 Å². The molecule has 0 aliphatic rings. The van der Waals surface area contributed by atoms with Crippen molar-refractivity contribution in [1.82, 2.24) is 15.0 Å². The average molecular weight is 717 g/mol. The summed E-state index contributed by atoms with van der Waals surface area (Å²) in [6.45, 7) is 0. The fourth-order valence-corrected chi connectivity index (χ4v) is 8.21. The Morgan fingerprint density at radius 1 is 0.463 bits per heavy atom. The summed E-state index contributed by atoms with van der Waals surface area (Å²) in [6.07, 6.45) is 0. The van der Waals surface area contributed by atoms with E-state index < -0.39 is 48.3 Å². The van der Waals surface area contributed by atoms with Gasteiger partial charge in [-0.15, -0.1) is 11.3 Å². The van der Waals surface area contributed by atoms with Crippen molar-refractivity contribution in [3.63, 3.8) is 0 Å². The molecule has 0 saturated heterocycles. The molecular formula is C49H29N3OS. The predicted molar refractivity (Wildman–Crippen MR) is 225 cm³/mol. The molecule has 54 heavy (non-hydrogen) atoms. The Balaban J connectivity index is 1.16. The van der Waals surface area contributed by atoms with Gasteiger partial charge in [0.1, 0.15) is 11.2 Å². The maximum absolute atomic E-state index is 9.64. The zero-order valence-corrected chi connectivity index (χ0v) is 29.0. The van der Waals surface area contributed by atoms with Crippen molar-refractivity contribution in [3.8, 4) is 56.4 Å². The highest BCUT2D eigenvalue weighted by Gasteiger charge is 2.18. The van der Waals surface area contributed by atoms with E-state index in [-0.39, 0.29) is 61.8 Å². The molecule has 5 heteroatoms. The average Bonchev–Trinajstić information content (AvgIpc) is 3.91. The van der Waals surface area contributed by atoms with Crippen LogP contribution in [-0.2, 0) is 0 Å². The zero-order chi connectivity index (χ0) is 43.4. The molecular weight excluding hydrogens is 679 g/mol. The standard InChI is InChI=1S/C49H29N3OS/c1-3-10-30(11-4-1)31-18-20-34(21-19-31)47-50-48(35-24-27-42-41(28-35)39-25-22-33-14-7-8-15-38(33)46(39)53-42)52-49(51-47)36-23-26-40-44(29-36)54-43-17-9-16-37(45(40)43)32-12-5-2-6-13-32/h1-29H/i7D,8D,14D,15D,22D,24D,25D,27D,28D. The van der Waals surface area contributed by atoms with E-state index in [0.717, 1.165) is 42.4 Å². The van der Waals surface area contributed by atoms with Gasteiger partial charge in [0.05, 0.1) is 12.3 Å². The van der Waals surface area contributed by atoms with Gasteiger partial charge in [-0.1, -0.05) is 139 Å². The largest absolute Gasteiger partial charge is 0.455 e. The zero-order valence-electron chi connectivity index (χ0n) is 37.2. The van der Waals surface area contributed by atoms with Crippen molar-refractivity contribution in [2.75, 3.05) is 0 Å². The molecule has 0 bridgehead atoms. The van der Waals surface area contributed by atoms with Crippen molar-refractivity contribution in [2.24, 2.45) is 0 Å². The lowest BCUT2D eigenvalue weighted by Crippen LogP contribution is -2.00. The molecule has 3 aromatic heterocycles. The van der Waals surface area contributed by atoms with E-state index in [1.165, 1.54) is 0 Å². The van der Waals surface area contributed by atoms with Gasteiger partial charge in [-0.25, -0.2) is 15.0 Å². The molecule has 0 fully saturated rings. The van der Waals surface area contributed by atoms with Crippen LogP contribution in [0.5, 0.6) is 0 Å². The quantitative estimate of drug-likeness (QED) is 0.178.